The molecule has 0 bridgehead atoms. The molecule has 0 saturated heterocycles. The van der Waals surface area contributed by atoms with Gasteiger partial charge in [-0.1, -0.05) is 0 Å². The number of anilines is 1. The first-order valence-corrected chi connectivity index (χ1v) is 7.70. The molecule has 25 heavy (non-hydrogen) atoms. The second-order valence-electron chi connectivity index (χ2n) is 6.76. The Bertz CT molecular complexity index is 780. The molecule has 0 N–H and O–H groups in total. The van der Waals surface area contributed by atoms with Crippen molar-refractivity contribution in [1.82, 2.24) is 0 Å². The van der Waals surface area contributed by atoms with Gasteiger partial charge in [-0.25, -0.2) is 9.69 Å². The highest BCUT2D eigenvalue weighted by molar-refractivity contribution is 6.21. The van der Waals surface area contributed by atoms with Gasteiger partial charge in [0.1, 0.15) is 16.8 Å². The van der Waals surface area contributed by atoms with Crippen LogP contribution >= 0.6 is 0 Å². The summed E-state index contributed by atoms with van der Waals surface area (Å²) in [7, 11) is 1.47. The Balaban J connectivity index is 2.64. The van der Waals surface area contributed by atoms with Crippen LogP contribution in [0.25, 0.3) is 0 Å². The molecule has 7 nitrogen and oxygen atoms in total. The van der Waals surface area contributed by atoms with Gasteiger partial charge in [-0.2, -0.15) is 10.5 Å². The summed E-state index contributed by atoms with van der Waals surface area (Å²) in [6.07, 6.45) is -1.28. The third-order valence-corrected chi connectivity index (χ3v) is 3.91. The molecule has 1 heterocycles. The van der Waals surface area contributed by atoms with Gasteiger partial charge in [0.05, 0.1) is 37.8 Å². The minimum atomic E-state index is -1.41. The van der Waals surface area contributed by atoms with Gasteiger partial charge in [0.15, 0.2) is 0 Å². The first-order valence-electron chi connectivity index (χ1n) is 7.70. The number of methoxy groups -OCH3 is 1. The fourth-order valence-corrected chi connectivity index (χ4v) is 2.82. The summed E-state index contributed by atoms with van der Waals surface area (Å²) in [5.41, 5.74) is -1.47. The zero-order valence-corrected chi connectivity index (χ0v) is 14.6. The number of imide groups is 1. The summed E-state index contributed by atoms with van der Waals surface area (Å²) >= 11 is 0. The molecule has 1 aliphatic rings. The van der Waals surface area contributed by atoms with Crippen LogP contribution in [0.4, 0.5) is 10.5 Å². The first-order chi connectivity index (χ1) is 11.7. The fourth-order valence-electron chi connectivity index (χ4n) is 2.82. The van der Waals surface area contributed by atoms with Crippen molar-refractivity contribution in [2.24, 2.45) is 0 Å². The van der Waals surface area contributed by atoms with Crippen LogP contribution in [0.15, 0.2) is 18.2 Å². The van der Waals surface area contributed by atoms with Crippen LogP contribution in [0.2, 0.25) is 0 Å². The van der Waals surface area contributed by atoms with Crippen LogP contribution in [-0.4, -0.2) is 24.7 Å². The monoisotopic (exact) mass is 341 g/mol. The van der Waals surface area contributed by atoms with Crippen LogP contribution in [0, 0.1) is 22.7 Å². The molecular weight excluding hydrogens is 322 g/mol. The SMILES string of the molecule is COc1ccc2c(c1)C(CC#N)(CC#N)C(=O)N2C(=O)OC(C)(C)C. The van der Waals surface area contributed by atoms with Gasteiger partial charge in [0, 0.05) is 0 Å². The van der Waals surface area contributed by atoms with E-state index < -0.39 is 23.0 Å². The Hall–Kier alpha value is -3.06. The van der Waals surface area contributed by atoms with Crippen molar-refractivity contribution in [2.45, 2.75) is 44.6 Å². The van der Waals surface area contributed by atoms with Crippen molar-refractivity contribution in [3.8, 4) is 17.9 Å². The first kappa shape index (κ1) is 18.3. The summed E-state index contributed by atoms with van der Waals surface area (Å²) in [6.45, 7) is 5.08. The summed E-state index contributed by atoms with van der Waals surface area (Å²) in [6, 6.07) is 8.68. The quantitative estimate of drug-likeness (QED) is 0.837. The molecule has 7 heteroatoms. The Morgan fingerprint density at radius 3 is 2.32 bits per heavy atom. The number of nitriles is 2. The van der Waals surface area contributed by atoms with E-state index in [1.54, 1.807) is 39.0 Å². The molecule has 1 aliphatic heterocycles. The number of ether oxygens (including phenoxy) is 2. The highest BCUT2D eigenvalue weighted by Gasteiger charge is 2.54. The van der Waals surface area contributed by atoms with Crippen molar-refractivity contribution < 1.29 is 19.1 Å². The van der Waals surface area contributed by atoms with Crippen molar-refractivity contribution in [3.05, 3.63) is 23.8 Å². The van der Waals surface area contributed by atoms with E-state index in [0.29, 0.717) is 17.0 Å². The van der Waals surface area contributed by atoms with Crippen LogP contribution < -0.4 is 9.64 Å². The molecule has 1 aromatic rings. The number of hydrogen-bond donors (Lipinski definition) is 0. The van der Waals surface area contributed by atoms with Crippen molar-refractivity contribution in [2.75, 3.05) is 12.0 Å². The Labute approximate surface area is 146 Å². The fraction of sp³-hybridized carbons (Fsp3) is 0.444. The number of carbonyl (C=O) groups excluding carboxylic acids is 2. The maximum atomic E-state index is 13.1. The number of carbonyl (C=O) groups is 2. The van der Waals surface area contributed by atoms with Crippen LogP contribution in [0.1, 0.15) is 39.2 Å². The molecule has 0 saturated carbocycles. The number of fused-ring (bicyclic) bond motifs is 1. The molecule has 0 aliphatic carbocycles. The van der Waals surface area contributed by atoms with E-state index in [9.17, 15) is 20.1 Å². The smallest absolute Gasteiger partial charge is 0.421 e. The van der Waals surface area contributed by atoms with E-state index in [1.807, 2.05) is 12.1 Å². The minimum Gasteiger partial charge on any atom is -0.497 e. The topological polar surface area (TPSA) is 103 Å². The second kappa shape index (κ2) is 6.45. The zero-order valence-electron chi connectivity index (χ0n) is 14.6. The predicted octanol–water partition coefficient (Wildman–Crippen LogP) is 3.04. The minimum absolute atomic E-state index is 0.223. The Morgan fingerprint density at radius 1 is 1.24 bits per heavy atom. The van der Waals surface area contributed by atoms with Gasteiger partial charge in [-0.3, -0.25) is 4.79 Å². The maximum Gasteiger partial charge on any atom is 0.421 e. The van der Waals surface area contributed by atoms with E-state index in [4.69, 9.17) is 9.47 Å². The normalized spacial score (nSPS) is 15.1. The molecule has 0 aromatic heterocycles. The van der Waals surface area contributed by atoms with E-state index >= 15 is 0 Å². The third-order valence-electron chi connectivity index (χ3n) is 3.91. The molecule has 0 radical (unpaired) electrons. The van der Waals surface area contributed by atoms with Crippen molar-refractivity contribution in [1.29, 1.82) is 10.5 Å². The van der Waals surface area contributed by atoms with E-state index in [-0.39, 0.29) is 12.8 Å². The van der Waals surface area contributed by atoms with Crippen LogP contribution in [0.3, 0.4) is 0 Å². The molecule has 0 spiro atoms. The van der Waals surface area contributed by atoms with E-state index in [1.165, 1.54) is 7.11 Å². The Kier molecular flexibility index (Phi) is 4.71. The molecule has 0 atom stereocenters. The van der Waals surface area contributed by atoms with Gasteiger partial charge in [0.2, 0.25) is 5.91 Å². The third kappa shape index (κ3) is 3.14. The zero-order chi connectivity index (χ0) is 18.8. The molecule has 2 rings (SSSR count). The van der Waals surface area contributed by atoms with Crippen molar-refractivity contribution >= 4 is 17.7 Å². The summed E-state index contributed by atoms with van der Waals surface area (Å²) < 4.78 is 10.5. The van der Waals surface area contributed by atoms with Gasteiger partial charge >= 0.3 is 6.09 Å². The predicted molar refractivity (Wildman–Crippen MR) is 88.9 cm³/mol. The molecule has 0 fully saturated rings. The van der Waals surface area contributed by atoms with Gasteiger partial charge in [0.25, 0.3) is 0 Å². The lowest BCUT2D eigenvalue weighted by Crippen LogP contribution is -2.45. The molecule has 130 valence electrons. The van der Waals surface area contributed by atoms with Crippen LogP contribution in [0.5, 0.6) is 5.75 Å². The number of benzene rings is 1. The van der Waals surface area contributed by atoms with Crippen LogP contribution in [-0.2, 0) is 14.9 Å². The summed E-state index contributed by atoms with van der Waals surface area (Å²) in [5, 5.41) is 18.4. The van der Waals surface area contributed by atoms with Crippen molar-refractivity contribution in [3.63, 3.8) is 0 Å². The number of rotatable bonds is 3. The largest absolute Gasteiger partial charge is 0.497 e. The number of amides is 2. The van der Waals surface area contributed by atoms with E-state index in [2.05, 4.69) is 0 Å². The second-order valence-corrected chi connectivity index (χ2v) is 6.76. The van der Waals surface area contributed by atoms with Gasteiger partial charge < -0.3 is 9.47 Å². The Morgan fingerprint density at radius 2 is 1.84 bits per heavy atom. The summed E-state index contributed by atoms with van der Waals surface area (Å²) in [4.78, 5) is 26.6. The standard InChI is InChI=1S/C18H19N3O4/c1-17(2,3)25-16(23)21-14-6-5-12(24-4)11-13(14)18(7-9-19,8-10-20)15(21)22/h5-6,11H,7-8H2,1-4H3. The highest BCUT2D eigenvalue weighted by atomic mass is 16.6. The lowest BCUT2D eigenvalue weighted by molar-refractivity contribution is -0.122. The lowest BCUT2D eigenvalue weighted by atomic mass is 9.76. The molecular formula is C18H19N3O4. The average Bonchev–Trinajstić information content (AvgIpc) is 2.75. The van der Waals surface area contributed by atoms with E-state index in [0.717, 1.165) is 4.90 Å². The molecule has 0 unspecified atom stereocenters. The lowest BCUT2D eigenvalue weighted by Gasteiger charge is -2.25. The van der Waals surface area contributed by atoms with Gasteiger partial charge in [-0.05, 0) is 44.5 Å². The number of nitrogens with zero attached hydrogens (tertiary/aromatic N) is 3. The summed E-state index contributed by atoms with van der Waals surface area (Å²) in [5.74, 6) is -0.161. The molecule has 2 amide bonds. The maximum absolute atomic E-state index is 13.1. The molecule has 1 aromatic carbocycles. The number of hydrogen-bond acceptors (Lipinski definition) is 6. The highest BCUT2D eigenvalue weighted by Crippen LogP contribution is 2.47. The van der Waals surface area contributed by atoms with Gasteiger partial charge in [-0.15, -0.1) is 0 Å². The average molecular weight is 341 g/mol.